The Labute approximate surface area is 75.6 Å². The fraction of sp³-hybridized carbons (Fsp3) is 0.571. The predicted octanol–water partition coefficient (Wildman–Crippen LogP) is 0.828. The van der Waals surface area contributed by atoms with Gasteiger partial charge >= 0.3 is 0 Å². The standard InChI is InChI=1S/C7H13N3OS/c1-5-6(8)10-12-7(5)9-3-2-4-11/h9,11H,2-4H2,1H3,(H2,8,10). The van der Waals surface area contributed by atoms with Gasteiger partial charge in [0.15, 0.2) is 0 Å². The first-order chi connectivity index (χ1) is 5.75. The van der Waals surface area contributed by atoms with Crippen molar-refractivity contribution in [1.29, 1.82) is 0 Å². The molecule has 0 saturated carbocycles. The van der Waals surface area contributed by atoms with Crippen molar-refractivity contribution in [3.63, 3.8) is 0 Å². The lowest BCUT2D eigenvalue weighted by molar-refractivity contribution is 0.292. The molecule has 0 atom stereocenters. The number of nitrogens with zero attached hydrogens (tertiary/aromatic N) is 1. The van der Waals surface area contributed by atoms with E-state index in [2.05, 4.69) is 9.69 Å². The third kappa shape index (κ3) is 2.09. The number of nitrogen functional groups attached to an aromatic ring is 1. The Kier molecular flexibility index (Phi) is 3.31. The van der Waals surface area contributed by atoms with Crippen LogP contribution in [0.15, 0.2) is 0 Å². The molecule has 0 amide bonds. The van der Waals surface area contributed by atoms with Gasteiger partial charge in [0.2, 0.25) is 0 Å². The second-order valence-electron chi connectivity index (χ2n) is 2.53. The highest BCUT2D eigenvalue weighted by Gasteiger charge is 2.04. The molecule has 0 unspecified atom stereocenters. The Bertz CT molecular complexity index is 249. The van der Waals surface area contributed by atoms with E-state index in [-0.39, 0.29) is 6.61 Å². The van der Waals surface area contributed by atoms with Crippen LogP contribution in [0.4, 0.5) is 10.8 Å². The number of aliphatic hydroxyl groups is 1. The van der Waals surface area contributed by atoms with Crippen molar-refractivity contribution in [2.45, 2.75) is 13.3 Å². The molecule has 0 saturated heterocycles. The highest BCUT2D eigenvalue weighted by atomic mass is 32.1. The fourth-order valence-electron chi connectivity index (χ4n) is 0.794. The minimum absolute atomic E-state index is 0.209. The van der Waals surface area contributed by atoms with Gasteiger partial charge in [0.1, 0.15) is 10.8 Å². The summed E-state index contributed by atoms with van der Waals surface area (Å²) < 4.78 is 3.99. The zero-order valence-corrected chi connectivity index (χ0v) is 7.82. The molecule has 1 aromatic rings. The van der Waals surface area contributed by atoms with E-state index in [9.17, 15) is 0 Å². The van der Waals surface area contributed by atoms with Crippen LogP contribution >= 0.6 is 11.5 Å². The maximum Gasteiger partial charge on any atom is 0.142 e. The number of aromatic nitrogens is 1. The molecule has 1 heterocycles. The van der Waals surface area contributed by atoms with Crippen LogP contribution in [0.1, 0.15) is 12.0 Å². The lowest BCUT2D eigenvalue weighted by Gasteiger charge is -2.01. The first-order valence-electron chi connectivity index (χ1n) is 3.82. The van der Waals surface area contributed by atoms with Crippen LogP contribution in [0, 0.1) is 6.92 Å². The monoisotopic (exact) mass is 187 g/mol. The Morgan fingerprint density at radius 1 is 1.67 bits per heavy atom. The average molecular weight is 187 g/mol. The Morgan fingerprint density at radius 2 is 2.42 bits per heavy atom. The van der Waals surface area contributed by atoms with Crippen LogP contribution in [-0.2, 0) is 0 Å². The molecule has 0 spiro atoms. The van der Waals surface area contributed by atoms with Gasteiger partial charge in [0.25, 0.3) is 0 Å². The zero-order valence-electron chi connectivity index (χ0n) is 7.00. The van der Waals surface area contributed by atoms with Crippen molar-refractivity contribution in [3.8, 4) is 0 Å². The second-order valence-corrected chi connectivity index (χ2v) is 3.30. The van der Waals surface area contributed by atoms with E-state index in [1.807, 2.05) is 6.92 Å². The molecule has 5 heteroatoms. The minimum atomic E-state index is 0.209. The summed E-state index contributed by atoms with van der Waals surface area (Å²) in [5, 5.41) is 12.7. The molecule has 12 heavy (non-hydrogen) atoms. The van der Waals surface area contributed by atoms with Gasteiger partial charge in [-0.2, -0.15) is 4.37 Å². The lowest BCUT2D eigenvalue weighted by atomic mass is 10.3. The van der Waals surface area contributed by atoms with Gasteiger partial charge in [-0.15, -0.1) is 0 Å². The van der Waals surface area contributed by atoms with E-state index in [0.717, 1.165) is 23.5 Å². The Hall–Kier alpha value is -0.810. The summed E-state index contributed by atoms with van der Waals surface area (Å²) in [6.45, 7) is 2.90. The molecule has 0 radical (unpaired) electrons. The van der Waals surface area contributed by atoms with Gasteiger partial charge in [-0.1, -0.05) is 0 Å². The third-order valence-electron chi connectivity index (χ3n) is 1.58. The van der Waals surface area contributed by atoms with Gasteiger partial charge in [0.05, 0.1) is 0 Å². The largest absolute Gasteiger partial charge is 0.396 e. The topological polar surface area (TPSA) is 71.2 Å². The van der Waals surface area contributed by atoms with Crippen LogP contribution in [0.3, 0.4) is 0 Å². The summed E-state index contributed by atoms with van der Waals surface area (Å²) in [6, 6.07) is 0. The van der Waals surface area contributed by atoms with Gasteiger partial charge in [0, 0.05) is 18.7 Å². The van der Waals surface area contributed by atoms with Gasteiger partial charge in [-0.3, -0.25) is 0 Å². The first kappa shape index (κ1) is 9.28. The number of aliphatic hydroxyl groups excluding tert-OH is 1. The van der Waals surface area contributed by atoms with E-state index in [1.165, 1.54) is 11.5 Å². The zero-order chi connectivity index (χ0) is 8.97. The highest BCUT2D eigenvalue weighted by Crippen LogP contribution is 2.24. The number of rotatable bonds is 4. The molecular weight excluding hydrogens is 174 g/mol. The molecule has 0 aliphatic heterocycles. The number of anilines is 2. The SMILES string of the molecule is Cc1c(N)nsc1NCCCO. The smallest absolute Gasteiger partial charge is 0.142 e. The second kappa shape index (κ2) is 4.27. The number of nitrogens with two attached hydrogens (primary N) is 1. The summed E-state index contributed by atoms with van der Waals surface area (Å²) in [6.07, 6.45) is 0.747. The molecule has 1 aromatic heterocycles. The quantitative estimate of drug-likeness (QED) is 0.610. The minimum Gasteiger partial charge on any atom is -0.396 e. The van der Waals surface area contributed by atoms with Gasteiger partial charge in [-0.05, 0) is 24.9 Å². The van der Waals surface area contributed by atoms with Crippen LogP contribution in [0.5, 0.6) is 0 Å². The average Bonchev–Trinajstić information content (AvgIpc) is 2.36. The predicted molar refractivity (Wildman–Crippen MR) is 51.5 cm³/mol. The van der Waals surface area contributed by atoms with Crippen molar-refractivity contribution in [2.75, 3.05) is 24.2 Å². The maximum absolute atomic E-state index is 8.54. The van der Waals surface area contributed by atoms with Crippen LogP contribution in [0.2, 0.25) is 0 Å². The molecule has 68 valence electrons. The summed E-state index contributed by atoms with van der Waals surface area (Å²) in [5.41, 5.74) is 6.55. The molecule has 0 fully saturated rings. The van der Waals surface area contributed by atoms with Crippen LogP contribution < -0.4 is 11.1 Å². The van der Waals surface area contributed by atoms with E-state index in [1.54, 1.807) is 0 Å². The molecule has 4 nitrogen and oxygen atoms in total. The van der Waals surface area contributed by atoms with E-state index >= 15 is 0 Å². The van der Waals surface area contributed by atoms with Crippen molar-refractivity contribution in [1.82, 2.24) is 4.37 Å². The molecule has 0 bridgehead atoms. The van der Waals surface area contributed by atoms with Crippen molar-refractivity contribution in [2.24, 2.45) is 0 Å². The molecule has 1 rings (SSSR count). The van der Waals surface area contributed by atoms with E-state index in [0.29, 0.717) is 5.82 Å². The summed E-state index contributed by atoms with van der Waals surface area (Å²) >= 11 is 1.36. The van der Waals surface area contributed by atoms with Gasteiger partial charge in [-0.25, -0.2) is 0 Å². The van der Waals surface area contributed by atoms with Gasteiger partial charge < -0.3 is 16.2 Å². The summed E-state index contributed by atoms with van der Waals surface area (Å²) in [5.74, 6) is 0.589. The molecule has 0 aromatic carbocycles. The molecule has 4 N–H and O–H groups in total. The number of hydrogen-bond acceptors (Lipinski definition) is 5. The van der Waals surface area contributed by atoms with Crippen molar-refractivity contribution in [3.05, 3.63) is 5.56 Å². The highest BCUT2D eigenvalue weighted by molar-refractivity contribution is 7.10. The summed E-state index contributed by atoms with van der Waals surface area (Å²) in [7, 11) is 0. The van der Waals surface area contributed by atoms with Crippen molar-refractivity contribution < 1.29 is 5.11 Å². The summed E-state index contributed by atoms with van der Waals surface area (Å²) in [4.78, 5) is 0. The fourth-order valence-corrected chi connectivity index (χ4v) is 1.53. The molecule has 0 aliphatic rings. The third-order valence-corrected chi connectivity index (χ3v) is 2.50. The van der Waals surface area contributed by atoms with Crippen molar-refractivity contribution >= 4 is 22.4 Å². The molecular formula is C7H13N3OS. The molecule has 0 aliphatic carbocycles. The van der Waals surface area contributed by atoms with Crippen LogP contribution in [0.25, 0.3) is 0 Å². The number of hydrogen-bond donors (Lipinski definition) is 3. The number of nitrogens with one attached hydrogen (secondary N) is 1. The maximum atomic E-state index is 8.54. The van der Waals surface area contributed by atoms with E-state index in [4.69, 9.17) is 10.8 Å². The Morgan fingerprint density at radius 3 is 2.92 bits per heavy atom. The van der Waals surface area contributed by atoms with E-state index < -0.39 is 0 Å². The Balaban J connectivity index is 2.46. The first-order valence-corrected chi connectivity index (χ1v) is 4.59. The lowest BCUT2D eigenvalue weighted by Crippen LogP contribution is -2.02. The normalized spacial score (nSPS) is 10.2. The van der Waals surface area contributed by atoms with Crippen LogP contribution in [-0.4, -0.2) is 22.6 Å².